The predicted octanol–water partition coefficient (Wildman–Crippen LogP) is 3.01. The molecule has 3 nitrogen and oxygen atoms in total. The molecule has 0 aliphatic carbocycles. The van der Waals surface area contributed by atoms with Gasteiger partial charge in [-0.05, 0) is 32.4 Å². The second-order valence-corrected chi connectivity index (χ2v) is 5.38. The summed E-state index contributed by atoms with van der Waals surface area (Å²) in [4.78, 5) is 9.89. The molecule has 17 heavy (non-hydrogen) atoms. The van der Waals surface area contributed by atoms with Crippen LogP contribution in [0.4, 0.5) is 0 Å². The average Bonchev–Trinajstić information content (AvgIpc) is 2.67. The van der Waals surface area contributed by atoms with Gasteiger partial charge in [0, 0.05) is 29.9 Å². The van der Waals surface area contributed by atoms with Crippen LogP contribution in [0, 0.1) is 13.8 Å². The Balaban J connectivity index is 1.98. The summed E-state index contributed by atoms with van der Waals surface area (Å²) < 4.78 is 0. The summed E-state index contributed by atoms with van der Waals surface area (Å²) in [5.41, 5.74) is 2.34. The molecule has 2 aromatic heterocycles. The number of nitrogens with one attached hydrogen (secondary N) is 1. The van der Waals surface area contributed by atoms with Crippen LogP contribution in [0.2, 0.25) is 0 Å². The number of nitrogens with zero attached hydrogens (tertiary/aromatic N) is 2. The molecule has 1 unspecified atom stereocenters. The van der Waals surface area contributed by atoms with Crippen molar-refractivity contribution in [1.29, 1.82) is 0 Å². The highest BCUT2D eigenvalue weighted by atomic mass is 32.1. The molecule has 90 valence electrons. The zero-order valence-electron chi connectivity index (χ0n) is 10.4. The molecule has 0 aromatic carbocycles. The topological polar surface area (TPSA) is 37.8 Å². The molecule has 0 bridgehead atoms. The number of hydrogen-bond acceptors (Lipinski definition) is 4. The monoisotopic (exact) mass is 247 g/mol. The first-order valence-corrected chi connectivity index (χ1v) is 6.54. The van der Waals surface area contributed by atoms with Gasteiger partial charge in [-0.3, -0.25) is 4.98 Å². The van der Waals surface area contributed by atoms with E-state index in [0.717, 1.165) is 17.2 Å². The highest BCUT2D eigenvalue weighted by Crippen LogP contribution is 2.24. The van der Waals surface area contributed by atoms with Gasteiger partial charge in [0.15, 0.2) is 0 Å². The van der Waals surface area contributed by atoms with Crippen molar-refractivity contribution in [2.75, 3.05) is 0 Å². The average molecular weight is 247 g/mol. The maximum absolute atomic E-state index is 4.45. The van der Waals surface area contributed by atoms with Crippen molar-refractivity contribution in [3.8, 4) is 0 Å². The van der Waals surface area contributed by atoms with E-state index in [1.807, 2.05) is 12.3 Å². The second kappa shape index (κ2) is 5.38. The lowest BCUT2D eigenvalue weighted by Gasteiger charge is -2.12. The van der Waals surface area contributed by atoms with Gasteiger partial charge >= 0.3 is 0 Å². The maximum atomic E-state index is 4.45. The molecular formula is C13H17N3S. The van der Waals surface area contributed by atoms with E-state index in [0.29, 0.717) is 6.04 Å². The zero-order chi connectivity index (χ0) is 12.3. The highest BCUT2D eigenvalue weighted by Gasteiger charge is 2.12. The summed E-state index contributed by atoms with van der Waals surface area (Å²) in [7, 11) is 0. The molecule has 1 N–H and O–H groups in total. The molecule has 0 spiro atoms. The Bertz CT molecular complexity index is 479. The van der Waals surface area contributed by atoms with Gasteiger partial charge in [0.1, 0.15) is 0 Å². The van der Waals surface area contributed by atoms with Gasteiger partial charge in [-0.2, -0.15) is 0 Å². The SMILES string of the molecule is Cc1nc(C)c(C(C)NCc2cccnc2)s1. The molecule has 2 aromatic rings. The predicted molar refractivity (Wildman–Crippen MR) is 71.1 cm³/mol. The molecule has 0 aliphatic heterocycles. The third-order valence-corrected chi connectivity index (χ3v) is 3.92. The van der Waals surface area contributed by atoms with Crippen LogP contribution >= 0.6 is 11.3 Å². The molecule has 0 fully saturated rings. The van der Waals surface area contributed by atoms with E-state index in [-0.39, 0.29) is 0 Å². The van der Waals surface area contributed by atoms with Gasteiger partial charge < -0.3 is 5.32 Å². The van der Waals surface area contributed by atoms with Gasteiger partial charge in [-0.15, -0.1) is 11.3 Å². The minimum absolute atomic E-state index is 0.335. The number of hydrogen-bond donors (Lipinski definition) is 1. The fraction of sp³-hybridized carbons (Fsp3) is 0.385. The minimum Gasteiger partial charge on any atom is -0.305 e. The highest BCUT2D eigenvalue weighted by molar-refractivity contribution is 7.11. The maximum Gasteiger partial charge on any atom is 0.0900 e. The van der Waals surface area contributed by atoms with Crippen LogP contribution in [-0.2, 0) is 6.54 Å². The van der Waals surface area contributed by atoms with Gasteiger partial charge in [-0.1, -0.05) is 6.07 Å². The standard InChI is InChI=1S/C13H17N3S/c1-9(13-10(2)16-11(3)17-13)15-8-12-5-4-6-14-7-12/h4-7,9,15H,8H2,1-3H3. The summed E-state index contributed by atoms with van der Waals surface area (Å²) in [5, 5.41) is 4.63. The number of thiazole rings is 1. The van der Waals surface area contributed by atoms with Crippen LogP contribution in [0.15, 0.2) is 24.5 Å². The first kappa shape index (κ1) is 12.2. The van der Waals surface area contributed by atoms with Crippen molar-refractivity contribution in [3.05, 3.63) is 45.7 Å². The van der Waals surface area contributed by atoms with Crippen LogP contribution in [0.5, 0.6) is 0 Å². The molecule has 0 amide bonds. The minimum atomic E-state index is 0.335. The van der Waals surface area contributed by atoms with Crippen LogP contribution in [0.3, 0.4) is 0 Å². The summed E-state index contributed by atoms with van der Waals surface area (Å²) in [6, 6.07) is 4.38. The number of pyridine rings is 1. The molecule has 4 heteroatoms. The van der Waals surface area contributed by atoms with Crippen LogP contribution in [0.1, 0.15) is 34.1 Å². The lowest BCUT2D eigenvalue weighted by Crippen LogP contribution is -2.17. The Morgan fingerprint density at radius 1 is 1.41 bits per heavy atom. The van der Waals surface area contributed by atoms with Crippen molar-refractivity contribution in [1.82, 2.24) is 15.3 Å². The molecule has 2 heterocycles. The Hall–Kier alpha value is -1.26. The van der Waals surface area contributed by atoms with E-state index in [4.69, 9.17) is 0 Å². The first-order valence-electron chi connectivity index (χ1n) is 5.73. The number of aromatic nitrogens is 2. The van der Waals surface area contributed by atoms with Crippen LogP contribution < -0.4 is 5.32 Å². The van der Waals surface area contributed by atoms with Gasteiger partial charge in [-0.25, -0.2) is 4.98 Å². The van der Waals surface area contributed by atoms with Crippen molar-refractivity contribution < 1.29 is 0 Å². The van der Waals surface area contributed by atoms with Gasteiger partial charge in [0.05, 0.1) is 10.7 Å². The van der Waals surface area contributed by atoms with E-state index in [1.54, 1.807) is 17.5 Å². The van der Waals surface area contributed by atoms with Crippen molar-refractivity contribution in [2.24, 2.45) is 0 Å². The van der Waals surface area contributed by atoms with Crippen molar-refractivity contribution >= 4 is 11.3 Å². The Morgan fingerprint density at radius 2 is 2.24 bits per heavy atom. The molecular weight excluding hydrogens is 230 g/mol. The second-order valence-electron chi connectivity index (χ2n) is 4.15. The van der Waals surface area contributed by atoms with Crippen LogP contribution in [-0.4, -0.2) is 9.97 Å². The van der Waals surface area contributed by atoms with E-state index < -0.39 is 0 Å². The fourth-order valence-electron chi connectivity index (χ4n) is 1.82. The van der Waals surface area contributed by atoms with E-state index >= 15 is 0 Å². The molecule has 0 saturated heterocycles. The molecule has 0 radical (unpaired) electrons. The van der Waals surface area contributed by atoms with E-state index in [2.05, 4.69) is 42.1 Å². The Labute approximate surface area is 106 Å². The summed E-state index contributed by atoms with van der Waals surface area (Å²) >= 11 is 1.77. The molecule has 0 saturated carbocycles. The van der Waals surface area contributed by atoms with Gasteiger partial charge in [0.25, 0.3) is 0 Å². The smallest absolute Gasteiger partial charge is 0.0900 e. The summed E-state index contributed by atoms with van der Waals surface area (Å²) in [5.74, 6) is 0. The normalized spacial score (nSPS) is 12.6. The van der Waals surface area contributed by atoms with Gasteiger partial charge in [0.2, 0.25) is 0 Å². The first-order chi connectivity index (χ1) is 8.16. The zero-order valence-corrected chi connectivity index (χ0v) is 11.2. The third-order valence-electron chi connectivity index (χ3n) is 2.67. The fourth-order valence-corrected chi connectivity index (χ4v) is 2.77. The molecule has 0 aliphatic rings. The number of aryl methyl sites for hydroxylation is 2. The summed E-state index contributed by atoms with van der Waals surface area (Å²) in [6.07, 6.45) is 3.69. The summed E-state index contributed by atoms with van der Waals surface area (Å²) in [6.45, 7) is 7.14. The Kier molecular flexibility index (Phi) is 3.86. The largest absolute Gasteiger partial charge is 0.305 e. The van der Waals surface area contributed by atoms with Crippen molar-refractivity contribution in [3.63, 3.8) is 0 Å². The molecule has 1 atom stereocenters. The van der Waals surface area contributed by atoms with Crippen molar-refractivity contribution in [2.45, 2.75) is 33.4 Å². The van der Waals surface area contributed by atoms with E-state index in [1.165, 1.54) is 10.4 Å². The lowest BCUT2D eigenvalue weighted by atomic mass is 10.2. The lowest BCUT2D eigenvalue weighted by molar-refractivity contribution is 0.578. The third kappa shape index (κ3) is 3.11. The van der Waals surface area contributed by atoms with Crippen LogP contribution in [0.25, 0.3) is 0 Å². The van der Waals surface area contributed by atoms with E-state index in [9.17, 15) is 0 Å². The quantitative estimate of drug-likeness (QED) is 0.902. The molecule has 2 rings (SSSR count). The number of rotatable bonds is 4. The Morgan fingerprint density at radius 3 is 2.82 bits per heavy atom.